The smallest absolute Gasteiger partial charge is 0.409 e. The molecule has 1 aromatic heterocycles. The summed E-state index contributed by atoms with van der Waals surface area (Å²) >= 11 is 0. The number of carbonyl (C=O) groups excluding carboxylic acids is 1. The zero-order chi connectivity index (χ0) is 19.5. The van der Waals surface area contributed by atoms with Crippen LogP contribution in [0.1, 0.15) is 12.5 Å². The summed E-state index contributed by atoms with van der Waals surface area (Å²) < 4.78 is 5.12. The van der Waals surface area contributed by atoms with Crippen LogP contribution in [0.4, 0.5) is 10.6 Å². The number of rotatable bonds is 3. The molecule has 0 bridgehead atoms. The highest BCUT2D eigenvalue weighted by atomic mass is 16.6. The van der Waals surface area contributed by atoms with E-state index >= 15 is 0 Å². The van der Waals surface area contributed by atoms with Crippen LogP contribution in [0.25, 0.3) is 22.3 Å². The fourth-order valence-corrected chi connectivity index (χ4v) is 3.45. The van der Waals surface area contributed by atoms with E-state index in [1.165, 1.54) is 5.56 Å². The van der Waals surface area contributed by atoms with E-state index in [9.17, 15) is 4.79 Å². The normalized spacial score (nSPS) is 14.4. The molecule has 0 atom stereocenters. The van der Waals surface area contributed by atoms with Gasteiger partial charge in [-0.05, 0) is 26.0 Å². The van der Waals surface area contributed by atoms with E-state index < -0.39 is 0 Å². The highest BCUT2D eigenvalue weighted by Gasteiger charge is 2.24. The number of aromatic nitrogens is 2. The lowest BCUT2D eigenvalue weighted by molar-refractivity contribution is 0.105. The summed E-state index contributed by atoms with van der Waals surface area (Å²) in [5, 5.41) is 1.03. The van der Waals surface area contributed by atoms with E-state index in [1.807, 2.05) is 25.1 Å². The third kappa shape index (κ3) is 3.63. The summed E-state index contributed by atoms with van der Waals surface area (Å²) in [7, 11) is 0. The van der Waals surface area contributed by atoms with Crippen molar-refractivity contribution < 1.29 is 9.53 Å². The van der Waals surface area contributed by atoms with Crippen LogP contribution in [0.3, 0.4) is 0 Å². The van der Waals surface area contributed by atoms with E-state index in [1.54, 1.807) is 4.90 Å². The maximum atomic E-state index is 12.0. The van der Waals surface area contributed by atoms with Crippen molar-refractivity contribution in [2.75, 3.05) is 37.7 Å². The summed E-state index contributed by atoms with van der Waals surface area (Å²) in [5.41, 5.74) is 3.14. The molecule has 0 aliphatic carbocycles. The van der Waals surface area contributed by atoms with Gasteiger partial charge in [0.1, 0.15) is 5.82 Å². The molecular formula is C22H24N4O2. The molecule has 1 aliphatic heterocycles. The van der Waals surface area contributed by atoms with Crippen LogP contribution in [0.2, 0.25) is 0 Å². The van der Waals surface area contributed by atoms with Gasteiger partial charge in [-0.3, -0.25) is 0 Å². The molecule has 6 heteroatoms. The van der Waals surface area contributed by atoms with Crippen molar-refractivity contribution >= 4 is 22.8 Å². The fraction of sp³-hybridized carbons (Fsp3) is 0.318. The van der Waals surface area contributed by atoms with Crippen molar-refractivity contribution in [3.63, 3.8) is 0 Å². The van der Waals surface area contributed by atoms with Crippen LogP contribution in [-0.4, -0.2) is 53.7 Å². The molecule has 0 radical (unpaired) electrons. The zero-order valence-corrected chi connectivity index (χ0v) is 16.3. The van der Waals surface area contributed by atoms with Gasteiger partial charge in [-0.25, -0.2) is 14.8 Å². The quantitative estimate of drug-likeness (QED) is 0.694. The predicted octanol–water partition coefficient (Wildman–Crippen LogP) is 3.88. The zero-order valence-electron chi connectivity index (χ0n) is 16.3. The first kappa shape index (κ1) is 18.2. The first-order chi connectivity index (χ1) is 13.7. The molecule has 3 aromatic rings. The molecule has 0 saturated carbocycles. The van der Waals surface area contributed by atoms with Crippen LogP contribution in [0.15, 0.2) is 48.5 Å². The Hall–Kier alpha value is -3.15. The van der Waals surface area contributed by atoms with E-state index in [2.05, 4.69) is 42.2 Å². The molecular weight excluding hydrogens is 352 g/mol. The molecule has 0 unspecified atom stereocenters. The van der Waals surface area contributed by atoms with Crippen LogP contribution >= 0.6 is 0 Å². The first-order valence-electron chi connectivity index (χ1n) is 9.66. The molecule has 0 N–H and O–H groups in total. The topological polar surface area (TPSA) is 58.6 Å². The second kappa shape index (κ2) is 7.84. The molecule has 0 spiro atoms. The maximum absolute atomic E-state index is 12.0. The number of para-hydroxylation sites is 1. The minimum Gasteiger partial charge on any atom is -0.450 e. The van der Waals surface area contributed by atoms with Crippen LogP contribution < -0.4 is 4.90 Å². The van der Waals surface area contributed by atoms with Gasteiger partial charge < -0.3 is 14.5 Å². The SMILES string of the molecule is CCOC(=O)N1CCN(c2nc(-c3ccc(C)cc3)nc3ccccc23)CC1. The van der Waals surface area contributed by atoms with Gasteiger partial charge in [0.15, 0.2) is 5.82 Å². The Morgan fingerprint density at radius 1 is 1.00 bits per heavy atom. The summed E-state index contributed by atoms with van der Waals surface area (Å²) in [6.07, 6.45) is -0.241. The number of anilines is 1. The number of hydrogen-bond acceptors (Lipinski definition) is 5. The van der Waals surface area contributed by atoms with E-state index in [0.29, 0.717) is 32.8 Å². The Morgan fingerprint density at radius 3 is 2.43 bits per heavy atom. The van der Waals surface area contributed by atoms with Gasteiger partial charge in [-0.1, -0.05) is 42.0 Å². The van der Waals surface area contributed by atoms with E-state index in [4.69, 9.17) is 14.7 Å². The first-order valence-corrected chi connectivity index (χ1v) is 9.66. The monoisotopic (exact) mass is 376 g/mol. The molecule has 1 saturated heterocycles. The average molecular weight is 376 g/mol. The number of piperazine rings is 1. The second-order valence-corrected chi connectivity index (χ2v) is 6.93. The number of amides is 1. The van der Waals surface area contributed by atoms with Crippen LogP contribution in [0.5, 0.6) is 0 Å². The minimum absolute atomic E-state index is 0.241. The fourth-order valence-electron chi connectivity index (χ4n) is 3.45. The average Bonchev–Trinajstić information content (AvgIpc) is 2.74. The maximum Gasteiger partial charge on any atom is 0.409 e. The lowest BCUT2D eigenvalue weighted by Crippen LogP contribution is -2.49. The van der Waals surface area contributed by atoms with E-state index in [-0.39, 0.29) is 6.09 Å². The van der Waals surface area contributed by atoms with Gasteiger partial charge in [0.25, 0.3) is 0 Å². The Labute approximate surface area is 164 Å². The Balaban J connectivity index is 1.66. The van der Waals surface area contributed by atoms with Gasteiger partial charge >= 0.3 is 6.09 Å². The van der Waals surface area contributed by atoms with Crippen molar-refractivity contribution in [3.8, 4) is 11.4 Å². The number of hydrogen-bond donors (Lipinski definition) is 0. The third-order valence-corrected chi connectivity index (χ3v) is 5.00. The summed E-state index contributed by atoms with van der Waals surface area (Å²) in [5.74, 6) is 1.64. The molecule has 4 rings (SSSR count). The second-order valence-electron chi connectivity index (χ2n) is 6.93. The molecule has 28 heavy (non-hydrogen) atoms. The molecule has 1 fully saturated rings. The van der Waals surface area contributed by atoms with Crippen molar-refractivity contribution in [2.24, 2.45) is 0 Å². The van der Waals surface area contributed by atoms with Crippen molar-refractivity contribution in [1.29, 1.82) is 0 Å². The summed E-state index contributed by atoms with van der Waals surface area (Å²) in [6, 6.07) is 16.3. The standard InChI is InChI=1S/C22H24N4O2/c1-3-28-22(27)26-14-12-25(13-15-26)21-18-6-4-5-7-19(18)23-20(24-21)17-10-8-16(2)9-11-17/h4-11H,3,12-15H2,1-2H3. The highest BCUT2D eigenvalue weighted by molar-refractivity contribution is 5.91. The van der Waals surface area contributed by atoms with Crippen molar-refractivity contribution in [1.82, 2.24) is 14.9 Å². The lowest BCUT2D eigenvalue weighted by atomic mass is 10.1. The van der Waals surface area contributed by atoms with E-state index in [0.717, 1.165) is 28.1 Å². The molecule has 6 nitrogen and oxygen atoms in total. The van der Waals surface area contributed by atoms with Gasteiger partial charge in [0.05, 0.1) is 12.1 Å². The Kier molecular flexibility index (Phi) is 5.10. The lowest BCUT2D eigenvalue weighted by Gasteiger charge is -2.35. The number of ether oxygens (including phenoxy) is 1. The third-order valence-electron chi connectivity index (χ3n) is 5.00. The number of benzene rings is 2. The van der Waals surface area contributed by atoms with Crippen LogP contribution in [-0.2, 0) is 4.74 Å². The number of carbonyl (C=O) groups is 1. The largest absolute Gasteiger partial charge is 0.450 e. The Morgan fingerprint density at radius 2 is 1.71 bits per heavy atom. The van der Waals surface area contributed by atoms with Gasteiger partial charge in [-0.15, -0.1) is 0 Å². The number of aryl methyl sites for hydroxylation is 1. The summed E-state index contributed by atoms with van der Waals surface area (Å²) in [6.45, 7) is 6.97. The number of nitrogens with zero attached hydrogens (tertiary/aromatic N) is 4. The molecule has 2 heterocycles. The van der Waals surface area contributed by atoms with Crippen LogP contribution in [0, 0.1) is 6.92 Å². The number of fused-ring (bicyclic) bond motifs is 1. The predicted molar refractivity (Wildman–Crippen MR) is 111 cm³/mol. The molecule has 2 aromatic carbocycles. The van der Waals surface area contributed by atoms with Gasteiger partial charge in [0.2, 0.25) is 0 Å². The summed E-state index contributed by atoms with van der Waals surface area (Å²) in [4.78, 5) is 25.7. The van der Waals surface area contributed by atoms with Crippen molar-refractivity contribution in [2.45, 2.75) is 13.8 Å². The molecule has 144 valence electrons. The highest BCUT2D eigenvalue weighted by Crippen LogP contribution is 2.28. The Bertz CT molecular complexity index is 979. The molecule has 1 aliphatic rings. The van der Waals surface area contributed by atoms with Gasteiger partial charge in [0, 0.05) is 37.1 Å². The van der Waals surface area contributed by atoms with Crippen molar-refractivity contribution in [3.05, 3.63) is 54.1 Å². The minimum atomic E-state index is -0.241. The molecule has 1 amide bonds. The van der Waals surface area contributed by atoms with Gasteiger partial charge in [-0.2, -0.15) is 0 Å².